The number of benzene rings is 1. The molecular formula is C22H30N4O. The van der Waals surface area contributed by atoms with Crippen molar-refractivity contribution in [3.63, 3.8) is 0 Å². The molecule has 0 bridgehead atoms. The van der Waals surface area contributed by atoms with E-state index in [0.717, 1.165) is 44.2 Å². The lowest BCUT2D eigenvalue weighted by atomic mass is 10.0. The highest BCUT2D eigenvalue weighted by atomic mass is 16.3. The first kappa shape index (κ1) is 19.2. The number of hydrogen-bond acceptors (Lipinski definition) is 3. The van der Waals surface area contributed by atoms with Crippen LogP contribution in [0.1, 0.15) is 30.2 Å². The summed E-state index contributed by atoms with van der Waals surface area (Å²) in [5, 5.41) is 3.53. The van der Waals surface area contributed by atoms with Crippen molar-refractivity contribution in [2.45, 2.75) is 18.9 Å². The standard InChI is InChI=1S/C22H30N4O/c1-23-22(24-17-20(25(2)3)21-10-7-15-27-21)26-13-11-19(12-14-26)16-18-8-5-4-6-9-18/h4-10,15-16,20H,11-14,17H2,1-3H3,(H,23,24). The molecule has 1 N–H and O–H groups in total. The molecule has 1 aromatic heterocycles. The number of piperidine rings is 1. The van der Waals surface area contributed by atoms with Crippen molar-refractivity contribution in [2.75, 3.05) is 40.8 Å². The summed E-state index contributed by atoms with van der Waals surface area (Å²) in [4.78, 5) is 9.00. The summed E-state index contributed by atoms with van der Waals surface area (Å²) in [7, 11) is 5.99. The SMILES string of the molecule is CN=C(NCC(c1ccco1)N(C)C)N1CCC(=Cc2ccccc2)CC1. The molecule has 1 aliphatic rings. The lowest BCUT2D eigenvalue weighted by Crippen LogP contribution is -2.46. The van der Waals surface area contributed by atoms with Crippen LogP contribution in [-0.2, 0) is 0 Å². The lowest BCUT2D eigenvalue weighted by Gasteiger charge is -2.33. The van der Waals surface area contributed by atoms with Crippen molar-refractivity contribution >= 4 is 12.0 Å². The zero-order chi connectivity index (χ0) is 19.1. The Morgan fingerprint density at radius 3 is 2.52 bits per heavy atom. The molecule has 3 rings (SSSR count). The van der Waals surface area contributed by atoms with E-state index in [4.69, 9.17) is 4.42 Å². The maximum absolute atomic E-state index is 5.60. The van der Waals surface area contributed by atoms with Crippen LogP contribution in [0.5, 0.6) is 0 Å². The van der Waals surface area contributed by atoms with Gasteiger partial charge in [0.1, 0.15) is 5.76 Å². The summed E-state index contributed by atoms with van der Waals surface area (Å²) in [6.07, 6.45) is 6.20. The van der Waals surface area contributed by atoms with E-state index in [0.29, 0.717) is 0 Å². The van der Waals surface area contributed by atoms with Crippen molar-refractivity contribution in [1.82, 2.24) is 15.1 Å². The second-order valence-electron chi connectivity index (χ2n) is 7.12. The zero-order valence-electron chi connectivity index (χ0n) is 16.6. The molecule has 2 heterocycles. The normalized spacial score (nSPS) is 16.5. The molecule has 1 atom stereocenters. The summed E-state index contributed by atoms with van der Waals surface area (Å²) >= 11 is 0. The first-order valence-electron chi connectivity index (χ1n) is 9.57. The molecule has 1 fully saturated rings. The predicted octanol–water partition coefficient (Wildman–Crippen LogP) is 3.64. The third-order valence-electron chi connectivity index (χ3n) is 5.04. The van der Waals surface area contributed by atoms with Crippen LogP contribution >= 0.6 is 0 Å². The third kappa shape index (κ3) is 5.23. The van der Waals surface area contributed by atoms with E-state index >= 15 is 0 Å². The molecule has 0 saturated carbocycles. The van der Waals surface area contributed by atoms with E-state index < -0.39 is 0 Å². The van der Waals surface area contributed by atoms with E-state index in [2.05, 4.69) is 70.6 Å². The van der Waals surface area contributed by atoms with Gasteiger partial charge in [-0.05, 0) is 44.6 Å². The fourth-order valence-corrected chi connectivity index (χ4v) is 3.47. The lowest BCUT2D eigenvalue weighted by molar-refractivity contribution is 0.255. The minimum atomic E-state index is 0.176. The van der Waals surface area contributed by atoms with Crippen LogP contribution in [-0.4, -0.2) is 56.5 Å². The molecule has 0 radical (unpaired) electrons. The largest absolute Gasteiger partial charge is 0.468 e. The van der Waals surface area contributed by atoms with Gasteiger partial charge >= 0.3 is 0 Å². The zero-order valence-corrected chi connectivity index (χ0v) is 16.6. The molecule has 1 aliphatic heterocycles. The van der Waals surface area contributed by atoms with Crippen LogP contribution in [0, 0.1) is 0 Å². The summed E-state index contributed by atoms with van der Waals surface area (Å²) in [5.74, 6) is 1.93. The van der Waals surface area contributed by atoms with E-state index in [1.54, 1.807) is 6.26 Å². The smallest absolute Gasteiger partial charge is 0.193 e. The molecule has 1 unspecified atom stereocenters. The van der Waals surface area contributed by atoms with Gasteiger partial charge in [-0.1, -0.05) is 42.0 Å². The van der Waals surface area contributed by atoms with Gasteiger partial charge in [0, 0.05) is 26.7 Å². The molecule has 27 heavy (non-hydrogen) atoms. The number of nitrogens with zero attached hydrogens (tertiary/aromatic N) is 3. The molecule has 1 aromatic carbocycles. The molecule has 144 valence electrons. The fraction of sp³-hybridized carbons (Fsp3) is 0.409. The van der Waals surface area contributed by atoms with Crippen molar-refractivity contribution in [3.05, 3.63) is 65.6 Å². The van der Waals surface area contributed by atoms with Gasteiger partial charge in [0.05, 0.1) is 12.3 Å². The van der Waals surface area contributed by atoms with Crippen LogP contribution in [0.15, 0.2) is 63.7 Å². The Morgan fingerprint density at radius 2 is 1.93 bits per heavy atom. The van der Waals surface area contributed by atoms with Crippen LogP contribution in [0.3, 0.4) is 0 Å². The Balaban J connectivity index is 1.55. The first-order chi connectivity index (χ1) is 13.2. The van der Waals surface area contributed by atoms with Gasteiger partial charge < -0.3 is 14.6 Å². The number of aliphatic imine (C=N–C) groups is 1. The van der Waals surface area contributed by atoms with Gasteiger partial charge in [0.15, 0.2) is 5.96 Å². The van der Waals surface area contributed by atoms with Gasteiger partial charge in [-0.3, -0.25) is 9.89 Å². The molecular weight excluding hydrogens is 336 g/mol. The van der Waals surface area contributed by atoms with E-state index in [1.807, 2.05) is 19.2 Å². The first-order valence-corrected chi connectivity index (χ1v) is 9.57. The van der Waals surface area contributed by atoms with Crippen LogP contribution in [0.4, 0.5) is 0 Å². The Morgan fingerprint density at radius 1 is 1.19 bits per heavy atom. The monoisotopic (exact) mass is 366 g/mol. The Bertz CT molecular complexity index is 740. The summed E-state index contributed by atoms with van der Waals surface area (Å²) in [6, 6.07) is 14.7. The maximum Gasteiger partial charge on any atom is 0.193 e. The average molecular weight is 367 g/mol. The van der Waals surface area contributed by atoms with Crippen molar-refractivity contribution < 1.29 is 4.42 Å². The Kier molecular flexibility index (Phi) is 6.71. The Labute approximate surface area is 162 Å². The highest BCUT2D eigenvalue weighted by molar-refractivity contribution is 5.80. The molecule has 5 heteroatoms. The van der Waals surface area contributed by atoms with Gasteiger partial charge in [0.25, 0.3) is 0 Å². The molecule has 0 aliphatic carbocycles. The fourth-order valence-electron chi connectivity index (χ4n) is 3.47. The van der Waals surface area contributed by atoms with Crippen molar-refractivity contribution in [1.29, 1.82) is 0 Å². The molecule has 0 spiro atoms. The topological polar surface area (TPSA) is 44.0 Å². The van der Waals surface area contributed by atoms with E-state index in [-0.39, 0.29) is 6.04 Å². The quantitative estimate of drug-likeness (QED) is 0.648. The number of hydrogen-bond donors (Lipinski definition) is 1. The summed E-state index contributed by atoms with van der Waals surface area (Å²) in [5.41, 5.74) is 2.80. The van der Waals surface area contributed by atoms with Gasteiger partial charge in [-0.15, -0.1) is 0 Å². The number of likely N-dealkylation sites (N-methyl/N-ethyl adjacent to an activating group) is 1. The van der Waals surface area contributed by atoms with Crippen molar-refractivity contribution in [3.8, 4) is 0 Å². The van der Waals surface area contributed by atoms with Crippen molar-refractivity contribution in [2.24, 2.45) is 4.99 Å². The molecule has 0 amide bonds. The third-order valence-corrected chi connectivity index (χ3v) is 5.04. The minimum Gasteiger partial charge on any atom is -0.468 e. The molecule has 1 saturated heterocycles. The second kappa shape index (κ2) is 9.42. The molecule has 5 nitrogen and oxygen atoms in total. The number of rotatable bonds is 5. The van der Waals surface area contributed by atoms with Gasteiger partial charge in [-0.2, -0.15) is 0 Å². The molecule has 2 aromatic rings. The second-order valence-corrected chi connectivity index (χ2v) is 7.12. The number of guanidine groups is 1. The average Bonchev–Trinajstić information content (AvgIpc) is 3.21. The highest BCUT2D eigenvalue weighted by Crippen LogP contribution is 2.20. The van der Waals surface area contributed by atoms with E-state index in [9.17, 15) is 0 Å². The van der Waals surface area contributed by atoms with Gasteiger partial charge in [-0.25, -0.2) is 0 Å². The predicted molar refractivity (Wildman–Crippen MR) is 112 cm³/mol. The number of likely N-dealkylation sites (tertiary alicyclic amines) is 1. The van der Waals surface area contributed by atoms with Crippen LogP contribution in [0.2, 0.25) is 0 Å². The highest BCUT2D eigenvalue weighted by Gasteiger charge is 2.21. The van der Waals surface area contributed by atoms with Gasteiger partial charge in [0.2, 0.25) is 0 Å². The van der Waals surface area contributed by atoms with Crippen LogP contribution < -0.4 is 5.32 Å². The summed E-state index contributed by atoms with van der Waals surface area (Å²) < 4.78 is 5.60. The summed E-state index contributed by atoms with van der Waals surface area (Å²) in [6.45, 7) is 2.74. The number of furan rings is 1. The maximum atomic E-state index is 5.60. The van der Waals surface area contributed by atoms with E-state index in [1.165, 1.54) is 11.1 Å². The number of nitrogens with one attached hydrogen (secondary N) is 1. The Hall–Kier alpha value is -2.53. The minimum absolute atomic E-state index is 0.176. The van der Waals surface area contributed by atoms with Crippen LogP contribution in [0.25, 0.3) is 6.08 Å².